The Morgan fingerprint density at radius 1 is 0.525 bits per heavy atom. The molecule has 0 fully saturated rings. The maximum Gasteiger partial charge on any atom is 0.306 e. The smallest absolute Gasteiger partial charge is 0.306 e. The maximum atomic E-state index is 12.8. The maximum absolute atomic E-state index is 12.8. The van der Waals surface area contributed by atoms with Crippen LogP contribution in [-0.2, 0) is 28.6 Å². The SMILES string of the molecule is CC/C=C/C/C=C/C/C=C/C/C=C/C/C=C/CCCC(=O)OCC(COCCC(C(=O)[O-])[N+](C)(C)C)OC(=O)CCCCCCCCCCCCCCCCCCCC. The fraction of sp³-hybridized carbons (Fsp3) is 0.745. The quantitative estimate of drug-likeness (QED) is 0.0261. The second kappa shape index (κ2) is 41.8. The standard InChI is InChI=1S/C51H89NO7/c1-6-8-10-12-14-16-18-20-22-24-26-28-30-32-34-36-38-40-42-50(54)59-47(45-57-44-43-48(51(55)56)52(3,4)5)46-58-49(53)41-39-37-35-33-31-29-27-25-23-21-19-17-15-13-11-9-7-2/h9,11,15,17,21,23,27,29,33,35,47-48H,6-8,10,12-14,16,18-20,22,24-26,28,30-32,34,36-46H2,1-5H3/b11-9+,17-15+,23-21+,29-27+,35-33+. The van der Waals surface area contributed by atoms with E-state index in [1.807, 2.05) is 0 Å². The predicted octanol–water partition coefficient (Wildman–Crippen LogP) is 12.0. The Morgan fingerprint density at radius 2 is 0.949 bits per heavy atom. The van der Waals surface area contributed by atoms with Gasteiger partial charge in [-0.05, 0) is 51.4 Å². The van der Waals surface area contributed by atoms with Crippen molar-refractivity contribution in [3.8, 4) is 0 Å². The van der Waals surface area contributed by atoms with Crippen LogP contribution in [-0.4, -0.2) is 75.5 Å². The van der Waals surface area contributed by atoms with Crippen LogP contribution in [0.1, 0.15) is 194 Å². The molecule has 8 nitrogen and oxygen atoms in total. The number of quaternary nitrogens is 1. The third-order valence-electron chi connectivity index (χ3n) is 10.4. The number of rotatable bonds is 42. The van der Waals surface area contributed by atoms with Gasteiger partial charge in [-0.25, -0.2) is 0 Å². The number of carbonyl (C=O) groups is 3. The Bertz CT molecular complexity index is 1150. The van der Waals surface area contributed by atoms with E-state index in [2.05, 4.69) is 74.6 Å². The van der Waals surface area contributed by atoms with E-state index in [1.54, 1.807) is 21.1 Å². The molecule has 0 aliphatic rings. The molecule has 0 spiro atoms. The molecular formula is C51H89NO7. The molecular weight excluding hydrogens is 739 g/mol. The van der Waals surface area contributed by atoms with Crippen molar-refractivity contribution >= 4 is 17.9 Å². The Kier molecular flexibility index (Phi) is 39.6. The van der Waals surface area contributed by atoms with Crippen LogP contribution in [0, 0.1) is 0 Å². The van der Waals surface area contributed by atoms with Crippen molar-refractivity contribution in [1.29, 1.82) is 0 Å². The second-order valence-corrected chi connectivity index (χ2v) is 17.0. The first kappa shape index (κ1) is 56.0. The summed E-state index contributed by atoms with van der Waals surface area (Å²) >= 11 is 0. The van der Waals surface area contributed by atoms with Crippen LogP contribution in [0.15, 0.2) is 60.8 Å². The van der Waals surface area contributed by atoms with Crippen molar-refractivity contribution in [1.82, 2.24) is 0 Å². The number of esters is 2. The summed E-state index contributed by atoms with van der Waals surface area (Å²) in [6.45, 7) is 4.50. The van der Waals surface area contributed by atoms with E-state index in [9.17, 15) is 19.5 Å². The lowest BCUT2D eigenvalue weighted by molar-refractivity contribution is -0.889. The van der Waals surface area contributed by atoms with Gasteiger partial charge in [-0.3, -0.25) is 9.59 Å². The predicted molar refractivity (Wildman–Crippen MR) is 245 cm³/mol. The zero-order chi connectivity index (χ0) is 43.5. The highest BCUT2D eigenvalue weighted by molar-refractivity contribution is 5.70. The van der Waals surface area contributed by atoms with Gasteiger partial charge in [0.1, 0.15) is 12.6 Å². The first-order valence-corrected chi connectivity index (χ1v) is 23.8. The number of unbranched alkanes of at least 4 members (excludes halogenated alkanes) is 18. The zero-order valence-corrected chi connectivity index (χ0v) is 38.7. The molecule has 340 valence electrons. The molecule has 8 heteroatoms. The van der Waals surface area contributed by atoms with Crippen LogP contribution in [0.3, 0.4) is 0 Å². The van der Waals surface area contributed by atoms with Crippen LogP contribution in [0.5, 0.6) is 0 Å². The summed E-state index contributed by atoms with van der Waals surface area (Å²) in [4.78, 5) is 36.9. The van der Waals surface area contributed by atoms with E-state index in [4.69, 9.17) is 14.2 Å². The van der Waals surface area contributed by atoms with Crippen LogP contribution in [0.25, 0.3) is 0 Å². The summed E-state index contributed by atoms with van der Waals surface area (Å²) < 4.78 is 17.1. The van der Waals surface area contributed by atoms with Crippen LogP contribution >= 0.6 is 0 Å². The Hall–Kier alpha value is -2.97. The van der Waals surface area contributed by atoms with Crippen LogP contribution < -0.4 is 5.11 Å². The van der Waals surface area contributed by atoms with Gasteiger partial charge in [-0.15, -0.1) is 0 Å². The molecule has 0 bridgehead atoms. The average molecular weight is 828 g/mol. The third-order valence-corrected chi connectivity index (χ3v) is 10.4. The van der Waals surface area contributed by atoms with Crippen molar-refractivity contribution in [3.63, 3.8) is 0 Å². The van der Waals surface area contributed by atoms with Crippen LogP contribution in [0.4, 0.5) is 0 Å². The van der Waals surface area contributed by atoms with Crippen molar-refractivity contribution in [2.75, 3.05) is 41.0 Å². The monoisotopic (exact) mass is 828 g/mol. The summed E-state index contributed by atoms with van der Waals surface area (Å²) in [7, 11) is 5.39. The highest BCUT2D eigenvalue weighted by Gasteiger charge is 2.25. The number of carboxylic acids is 1. The number of allylic oxidation sites excluding steroid dienone is 10. The summed E-state index contributed by atoms with van der Waals surface area (Å²) in [6.07, 6.45) is 51.1. The van der Waals surface area contributed by atoms with Crippen molar-refractivity contribution < 1.29 is 38.2 Å². The molecule has 0 heterocycles. The number of ether oxygens (including phenoxy) is 3. The highest BCUT2D eigenvalue weighted by atomic mass is 16.6. The first-order chi connectivity index (χ1) is 28.6. The lowest BCUT2D eigenvalue weighted by Gasteiger charge is -2.34. The molecule has 0 aliphatic carbocycles. The number of nitrogens with zero attached hydrogens (tertiary/aromatic N) is 1. The topological polar surface area (TPSA) is 102 Å². The highest BCUT2D eigenvalue weighted by Crippen LogP contribution is 2.15. The summed E-state index contributed by atoms with van der Waals surface area (Å²) in [5.74, 6) is -1.81. The number of aliphatic carboxylic acids is 1. The molecule has 2 atom stereocenters. The molecule has 0 saturated carbocycles. The molecule has 0 aliphatic heterocycles. The third kappa shape index (κ3) is 40.2. The Morgan fingerprint density at radius 3 is 1.39 bits per heavy atom. The lowest BCUT2D eigenvalue weighted by Crippen LogP contribution is -2.55. The Balaban J connectivity index is 4.37. The number of carboxylic acid groups (broad SMARTS) is 1. The number of likely N-dealkylation sites (N-methyl/N-ethyl adjacent to an activating group) is 1. The molecule has 0 aromatic rings. The minimum atomic E-state index is -1.13. The van der Waals surface area contributed by atoms with Gasteiger partial charge < -0.3 is 28.6 Å². The van der Waals surface area contributed by atoms with Gasteiger partial charge in [0.05, 0.1) is 40.3 Å². The van der Waals surface area contributed by atoms with E-state index >= 15 is 0 Å². The molecule has 0 radical (unpaired) electrons. The molecule has 0 aromatic carbocycles. The van der Waals surface area contributed by atoms with Crippen molar-refractivity contribution in [2.45, 2.75) is 206 Å². The summed E-state index contributed by atoms with van der Waals surface area (Å²) in [6, 6.07) is -0.735. The van der Waals surface area contributed by atoms with E-state index < -0.39 is 18.1 Å². The van der Waals surface area contributed by atoms with Crippen molar-refractivity contribution in [3.05, 3.63) is 60.8 Å². The van der Waals surface area contributed by atoms with Gasteiger partial charge in [-0.1, -0.05) is 184 Å². The lowest BCUT2D eigenvalue weighted by atomic mass is 10.0. The second-order valence-electron chi connectivity index (χ2n) is 17.0. The minimum absolute atomic E-state index is 0.0229. The fourth-order valence-corrected chi connectivity index (χ4v) is 6.75. The van der Waals surface area contributed by atoms with Crippen LogP contribution in [0.2, 0.25) is 0 Å². The van der Waals surface area contributed by atoms with Gasteiger partial charge >= 0.3 is 11.9 Å². The first-order valence-electron chi connectivity index (χ1n) is 23.8. The molecule has 0 aromatic heterocycles. The molecule has 59 heavy (non-hydrogen) atoms. The van der Waals surface area contributed by atoms with E-state index in [-0.39, 0.29) is 49.1 Å². The molecule has 2 unspecified atom stereocenters. The number of hydrogen-bond donors (Lipinski definition) is 0. The average Bonchev–Trinajstić information content (AvgIpc) is 3.19. The van der Waals surface area contributed by atoms with Gasteiger partial charge in [0.15, 0.2) is 6.10 Å². The molecule has 0 amide bonds. The zero-order valence-electron chi connectivity index (χ0n) is 38.7. The van der Waals surface area contributed by atoms with Gasteiger partial charge in [0.25, 0.3) is 0 Å². The van der Waals surface area contributed by atoms with E-state index in [0.29, 0.717) is 12.8 Å². The largest absolute Gasteiger partial charge is 0.544 e. The van der Waals surface area contributed by atoms with Gasteiger partial charge in [0, 0.05) is 19.3 Å². The molecule has 0 saturated heterocycles. The normalized spacial score (nSPS) is 13.4. The van der Waals surface area contributed by atoms with Gasteiger partial charge in [0.2, 0.25) is 0 Å². The molecule has 0 rings (SSSR count). The van der Waals surface area contributed by atoms with Crippen molar-refractivity contribution in [2.24, 2.45) is 0 Å². The fourth-order valence-electron chi connectivity index (χ4n) is 6.75. The number of hydrogen-bond acceptors (Lipinski definition) is 7. The Labute approximate surface area is 362 Å². The molecule has 0 N–H and O–H groups in total. The summed E-state index contributed by atoms with van der Waals surface area (Å²) in [5.41, 5.74) is 0. The number of carbonyl (C=O) groups excluding carboxylic acids is 3. The summed E-state index contributed by atoms with van der Waals surface area (Å²) in [5, 5.41) is 11.6. The van der Waals surface area contributed by atoms with E-state index in [1.165, 1.54) is 96.3 Å². The minimum Gasteiger partial charge on any atom is -0.544 e. The van der Waals surface area contributed by atoms with Gasteiger partial charge in [-0.2, -0.15) is 0 Å². The van der Waals surface area contributed by atoms with E-state index in [0.717, 1.165) is 57.8 Å².